The fourth-order valence-corrected chi connectivity index (χ4v) is 4.08. The molecule has 3 nitrogen and oxygen atoms in total. The Balaban J connectivity index is 1.72. The van der Waals surface area contributed by atoms with Crippen LogP contribution in [0.3, 0.4) is 0 Å². The van der Waals surface area contributed by atoms with Gasteiger partial charge in [-0.05, 0) is 52.8 Å². The van der Waals surface area contributed by atoms with E-state index in [4.69, 9.17) is 0 Å². The summed E-state index contributed by atoms with van der Waals surface area (Å²) in [6, 6.07) is 18.3. The van der Waals surface area contributed by atoms with Gasteiger partial charge in [0.25, 0.3) is 0 Å². The van der Waals surface area contributed by atoms with E-state index in [-0.39, 0.29) is 11.5 Å². The summed E-state index contributed by atoms with van der Waals surface area (Å²) in [5.41, 5.74) is 5.65. The van der Waals surface area contributed by atoms with Crippen molar-refractivity contribution in [2.75, 3.05) is 6.54 Å². The zero-order valence-corrected chi connectivity index (χ0v) is 16.6. The van der Waals surface area contributed by atoms with Crippen LogP contribution in [0.5, 0.6) is 0 Å². The maximum Gasteiger partial charge on any atom is 0.0759 e. The number of rotatable bonds is 3. The summed E-state index contributed by atoms with van der Waals surface area (Å²) in [4.78, 5) is 6.78. The van der Waals surface area contributed by atoms with Crippen molar-refractivity contribution >= 4 is 0 Å². The van der Waals surface area contributed by atoms with Crippen LogP contribution in [0.1, 0.15) is 55.6 Å². The number of aryl methyl sites for hydroxylation is 1. The Morgan fingerprint density at radius 2 is 1.70 bits per heavy atom. The Labute approximate surface area is 162 Å². The largest absolute Gasteiger partial charge is 0.350 e. The van der Waals surface area contributed by atoms with E-state index < -0.39 is 0 Å². The zero-order valence-electron chi connectivity index (χ0n) is 16.6. The second kappa shape index (κ2) is 7.32. The lowest BCUT2D eigenvalue weighted by Crippen LogP contribution is -2.29. The van der Waals surface area contributed by atoms with E-state index in [1.165, 1.54) is 28.8 Å². The number of aromatic nitrogens is 2. The molecular formula is C24H29N3. The van der Waals surface area contributed by atoms with Crippen LogP contribution in [-0.4, -0.2) is 21.0 Å². The summed E-state index contributed by atoms with van der Waals surface area (Å²) in [7, 11) is 0. The van der Waals surface area contributed by atoms with E-state index in [2.05, 4.69) is 89.9 Å². The molecule has 0 aliphatic carbocycles. The molecule has 0 saturated carbocycles. The van der Waals surface area contributed by atoms with Gasteiger partial charge in [-0.1, -0.05) is 45.0 Å². The third-order valence-corrected chi connectivity index (χ3v) is 5.58. The SMILES string of the molecule is CC(C)(C)c1ccc([C@@H]2c3cccn3CCCN2Cc2ccncc2)cc1. The van der Waals surface area contributed by atoms with Gasteiger partial charge in [-0.2, -0.15) is 0 Å². The Hall–Kier alpha value is -2.39. The highest BCUT2D eigenvalue weighted by atomic mass is 15.2. The average Bonchev–Trinajstić information content (AvgIpc) is 3.04. The van der Waals surface area contributed by atoms with E-state index in [9.17, 15) is 0 Å². The summed E-state index contributed by atoms with van der Waals surface area (Å²) >= 11 is 0. The molecule has 0 spiro atoms. The highest BCUT2D eigenvalue weighted by Gasteiger charge is 2.27. The first-order chi connectivity index (χ1) is 13.0. The Kier molecular flexibility index (Phi) is 4.88. The van der Waals surface area contributed by atoms with Gasteiger partial charge in [-0.25, -0.2) is 0 Å². The zero-order chi connectivity index (χ0) is 18.9. The van der Waals surface area contributed by atoms with Gasteiger partial charge in [0.2, 0.25) is 0 Å². The van der Waals surface area contributed by atoms with E-state index in [1.807, 2.05) is 12.4 Å². The van der Waals surface area contributed by atoms with Crippen LogP contribution in [0.15, 0.2) is 67.1 Å². The molecule has 4 rings (SSSR count). The van der Waals surface area contributed by atoms with Gasteiger partial charge in [0.05, 0.1) is 6.04 Å². The van der Waals surface area contributed by atoms with Gasteiger partial charge in [0.15, 0.2) is 0 Å². The predicted octanol–water partition coefficient (Wildman–Crippen LogP) is 5.18. The molecule has 1 aromatic carbocycles. The number of nitrogens with zero attached hydrogens (tertiary/aromatic N) is 3. The maximum absolute atomic E-state index is 4.17. The normalized spacial score (nSPS) is 18.1. The van der Waals surface area contributed by atoms with Crippen molar-refractivity contribution in [1.82, 2.24) is 14.5 Å². The first kappa shape index (κ1) is 18.0. The molecule has 1 atom stereocenters. The third kappa shape index (κ3) is 3.84. The summed E-state index contributed by atoms with van der Waals surface area (Å²) in [5, 5.41) is 0. The van der Waals surface area contributed by atoms with Gasteiger partial charge in [-0.15, -0.1) is 0 Å². The van der Waals surface area contributed by atoms with Crippen LogP contribution in [0.2, 0.25) is 0 Å². The monoisotopic (exact) mass is 359 g/mol. The molecule has 27 heavy (non-hydrogen) atoms. The second-order valence-corrected chi connectivity index (χ2v) is 8.58. The van der Waals surface area contributed by atoms with Gasteiger partial charge in [0.1, 0.15) is 0 Å². The van der Waals surface area contributed by atoms with Gasteiger partial charge in [-0.3, -0.25) is 9.88 Å². The molecule has 1 aliphatic heterocycles. The van der Waals surface area contributed by atoms with Gasteiger partial charge in [0, 0.05) is 43.9 Å². The lowest BCUT2D eigenvalue weighted by Gasteiger charge is -2.31. The molecule has 0 N–H and O–H groups in total. The lowest BCUT2D eigenvalue weighted by molar-refractivity contribution is 0.220. The minimum absolute atomic E-state index is 0.179. The molecule has 0 amide bonds. The fourth-order valence-electron chi connectivity index (χ4n) is 4.08. The van der Waals surface area contributed by atoms with E-state index >= 15 is 0 Å². The molecule has 3 heteroatoms. The van der Waals surface area contributed by atoms with Crippen molar-refractivity contribution in [3.63, 3.8) is 0 Å². The second-order valence-electron chi connectivity index (χ2n) is 8.58. The standard InChI is InChI=1S/C24H29N3/c1-24(2,3)21-9-7-20(8-10-21)23-22-6-4-15-26(22)16-5-17-27(23)18-19-11-13-25-14-12-19/h4,6-15,23H,5,16-18H2,1-3H3/t23-/m1/s1. The molecule has 140 valence electrons. The first-order valence-electron chi connectivity index (χ1n) is 9.91. The molecule has 3 heterocycles. The number of hydrogen-bond donors (Lipinski definition) is 0. The summed E-state index contributed by atoms with van der Waals surface area (Å²) < 4.78 is 2.43. The Bertz CT molecular complexity index is 872. The molecule has 0 radical (unpaired) electrons. The molecule has 0 fully saturated rings. The smallest absolute Gasteiger partial charge is 0.0759 e. The quantitative estimate of drug-likeness (QED) is 0.643. The number of hydrogen-bond acceptors (Lipinski definition) is 2. The summed E-state index contributed by atoms with van der Waals surface area (Å²) in [5.74, 6) is 0. The molecular weight excluding hydrogens is 330 g/mol. The van der Waals surface area contributed by atoms with Crippen molar-refractivity contribution in [2.45, 2.75) is 51.7 Å². The van der Waals surface area contributed by atoms with E-state index in [0.717, 1.165) is 19.6 Å². The first-order valence-corrected chi connectivity index (χ1v) is 9.91. The predicted molar refractivity (Wildman–Crippen MR) is 111 cm³/mol. The molecule has 3 aromatic rings. The van der Waals surface area contributed by atoms with Crippen LogP contribution in [-0.2, 0) is 18.5 Å². The van der Waals surface area contributed by atoms with Crippen LogP contribution in [0.4, 0.5) is 0 Å². The number of fused-ring (bicyclic) bond motifs is 1. The van der Waals surface area contributed by atoms with E-state index in [0.29, 0.717) is 0 Å². The Morgan fingerprint density at radius 3 is 2.41 bits per heavy atom. The van der Waals surface area contributed by atoms with Crippen molar-refractivity contribution in [2.24, 2.45) is 0 Å². The highest BCUT2D eigenvalue weighted by molar-refractivity contribution is 5.34. The van der Waals surface area contributed by atoms with Crippen LogP contribution in [0.25, 0.3) is 0 Å². The molecule has 0 unspecified atom stereocenters. The topological polar surface area (TPSA) is 21.1 Å². The Morgan fingerprint density at radius 1 is 0.963 bits per heavy atom. The molecule has 0 bridgehead atoms. The third-order valence-electron chi connectivity index (χ3n) is 5.58. The minimum Gasteiger partial charge on any atom is -0.350 e. The van der Waals surface area contributed by atoms with Crippen LogP contribution < -0.4 is 0 Å². The van der Waals surface area contributed by atoms with Crippen molar-refractivity contribution in [1.29, 1.82) is 0 Å². The van der Waals surface area contributed by atoms with Crippen molar-refractivity contribution < 1.29 is 0 Å². The van der Waals surface area contributed by atoms with Gasteiger partial charge < -0.3 is 4.57 Å². The van der Waals surface area contributed by atoms with Crippen LogP contribution >= 0.6 is 0 Å². The number of benzene rings is 1. The minimum atomic E-state index is 0.179. The van der Waals surface area contributed by atoms with Gasteiger partial charge >= 0.3 is 0 Å². The van der Waals surface area contributed by atoms with E-state index in [1.54, 1.807) is 0 Å². The number of pyridine rings is 1. The molecule has 2 aromatic heterocycles. The summed E-state index contributed by atoms with van der Waals surface area (Å²) in [6.45, 7) is 9.94. The average molecular weight is 360 g/mol. The van der Waals surface area contributed by atoms with Crippen molar-refractivity contribution in [3.05, 3.63) is 89.5 Å². The highest BCUT2D eigenvalue weighted by Crippen LogP contribution is 2.34. The van der Waals surface area contributed by atoms with Crippen LogP contribution in [0, 0.1) is 0 Å². The maximum atomic E-state index is 4.17. The van der Waals surface area contributed by atoms with Crippen molar-refractivity contribution in [3.8, 4) is 0 Å². The fraction of sp³-hybridized carbons (Fsp3) is 0.375. The summed E-state index contributed by atoms with van der Waals surface area (Å²) in [6.07, 6.45) is 7.18. The molecule has 1 aliphatic rings. The lowest BCUT2D eigenvalue weighted by atomic mass is 9.86. The molecule has 0 saturated heterocycles.